The van der Waals surface area contributed by atoms with Crippen molar-refractivity contribution in [3.63, 3.8) is 0 Å². The lowest BCUT2D eigenvalue weighted by Gasteiger charge is -2.29. The maximum atomic E-state index is 12.9. The van der Waals surface area contributed by atoms with Crippen molar-refractivity contribution in [2.75, 3.05) is 18.4 Å². The minimum atomic E-state index is -2.90. The van der Waals surface area contributed by atoms with Crippen molar-refractivity contribution in [2.24, 2.45) is 0 Å². The SMILES string of the molecule is CCN(CC)C(C(=O)Nc1cccc(OC(F)F)c1)c1ccccc1. The number of rotatable bonds is 8. The molecule has 25 heavy (non-hydrogen) atoms. The second kappa shape index (κ2) is 9.13. The van der Waals surface area contributed by atoms with Gasteiger partial charge in [0, 0.05) is 11.8 Å². The molecule has 2 aromatic carbocycles. The van der Waals surface area contributed by atoms with E-state index in [4.69, 9.17) is 0 Å². The molecule has 1 unspecified atom stereocenters. The zero-order valence-corrected chi connectivity index (χ0v) is 14.3. The summed E-state index contributed by atoms with van der Waals surface area (Å²) >= 11 is 0. The third-order valence-electron chi connectivity index (χ3n) is 3.87. The Hall–Kier alpha value is -2.47. The molecule has 0 spiro atoms. The van der Waals surface area contributed by atoms with Crippen molar-refractivity contribution in [1.29, 1.82) is 0 Å². The molecule has 4 nitrogen and oxygen atoms in total. The van der Waals surface area contributed by atoms with Crippen LogP contribution in [-0.2, 0) is 4.79 Å². The fourth-order valence-electron chi connectivity index (χ4n) is 2.71. The number of carbonyl (C=O) groups excluding carboxylic acids is 1. The number of anilines is 1. The number of hydrogen-bond acceptors (Lipinski definition) is 3. The van der Waals surface area contributed by atoms with E-state index in [-0.39, 0.29) is 11.7 Å². The van der Waals surface area contributed by atoms with E-state index in [1.165, 1.54) is 12.1 Å². The van der Waals surface area contributed by atoms with E-state index < -0.39 is 12.7 Å². The van der Waals surface area contributed by atoms with Crippen molar-refractivity contribution < 1.29 is 18.3 Å². The molecular formula is C19H22F2N2O2. The first-order valence-electron chi connectivity index (χ1n) is 8.19. The molecule has 0 fully saturated rings. The quantitative estimate of drug-likeness (QED) is 0.773. The Labute approximate surface area is 146 Å². The van der Waals surface area contributed by atoms with Gasteiger partial charge >= 0.3 is 6.61 Å². The molecule has 0 aliphatic heterocycles. The third-order valence-corrected chi connectivity index (χ3v) is 3.87. The minimum absolute atomic E-state index is 0.00639. The maximum Gasteiger partial charge on any atom is 0.387 e. The standard InChI is InChI=1S/C19H22F2N2O2/c1-3-23(4-2)17(14-9-6-5-7-10-14)18(24)22-15-11-8-12-16(13-15)25-19(20)21/h5-13,17,19H,3-4H2,1-2H3,(H,22,24). The van der Waals surface area contributed by atoms with Crippen LogP contribution in [0.2, 0.25) is 0 Å². The average molecular weight is 348 g/mol. The van der Waals surface area contributed by atoms with Crippen molar-refractivity contribution in [2.45, 2.75) is 26.5 Å². The Bertz CT molecular complexity index is 676. The normalized spacial score (nSPS) is 12.2. The lowest BCUT2D eigenvalue weighted by atomic mass is 10.0. The summed E-state index contributed by atoms with van der Waals surface area (Å²) in [6.07, 6.45) is 0. The highest BCUT2D eigenvalue weighted by molar-refractivity contribution is 5.95. The molecule has 0 bridgehead atoms. The van der Waals surface area contributed by atoms with Crippen molar-refractivity contribution in [1.82, 2.24) is 4.90 Å². The summed E-state index contributed by atoms with van der Waals surface area (Å²) < 4.78 is 29.1. The Morgan fingerprint density at radius 2 is 1.76 bits per heavy atom. The molecule has 0 aliphatic carbocycles. The predicted molar refractivity (Wildman–Crippen MR) is 93.8 cm³/mol. The van der Waals surface area contributed by atoms with Crippen LogP contribution in [0.3, 0.4) is 0 Å². The van der Waals surface area contributed by atoms with Gasteiger partial charge in [0.1, 0.15) is 11.8 Å². The van der Waals surface area contributed by atoms with E-state index in [2.05, 4.69) is 10.1 Å². The molecule has 134 valence electrons. The van der Waals surface area contributed by atoms with Crippen LogP contribution in [0.15, 0.2) is 54.6 Å². The zero-order chi connectivity index (χ0) is 18.2. The van der Waals surface area contributed by atoms with E-state index in [0.717, 1.165) is 5.56 Å². The number of carbonyl (C=O) groups is 1. The topological polar surface area (TPSA) is 41.6 Å². The smallest absolute Gasteiger partial charge is 0.387 e. The molecule has 1 atom stereocenters. The van der Waals surface area contributed by atoms with Crippen LogP contribution in [0.4, 0.5) is 14.5 Å². The number of amides is 1. The molecule has 1 amide bonds. The van der Waals surface area contributed by atoms with Crippen LogP contribution >= 0.6 is 0 Å². The summed E-state index contributed by atoms with van der Waals surface area (Å²) in [6, 6.07) is 15.0. The van der Waals surface area contributed by atoms with Crippen LogP contribution < -0.4 is 10.1 Å². The zero-order valence-electron chi connectivity index (χ0n) is 14.3. The molecule has 0 aliphatic rings. The average Bonchev–Trinajstić information content (AvgIpc) is 2.59. The van der Waals surface area contributed by atoms with E-state index in [1.807, 2.05) is 49.1 Å². The molecule has 0 radical (unpaired) electrons. The molecule has 0 heterocycles. The van der Waals surface area contributed by atoms with Crippen molar-refractivity contribution in [3.05, 3.63) is 60.2 Å². The van der Waals surface area contributed by atoms with Gasteiger partial charge in [-0.3, -0.25) is 9.69 Å². The van der Waals surface area contributed by atoms with Gasteiger partial charge in [0.2, 0.25) is 5.91 Å². The first kappa shape index (κ1) is 18.9. The highest BCUT2D eigenvalue weighted by Crippen LogP contribution is 2.24. The molecule has 0 saturated heterocycles. The second-order valence-corrected chi connectivity index (χ2v) is 5.43. The lowest BCUT2D eigenvalue weighted by Crippen LogP contribution is -2.37. The predicted octanol–water partition coefficient (Wildman–Crippen LogP) is 4.31. The van der Waals surface area contributed by atoms with Gasteiger partial charge < -0.3 is 10.1 Å². The van der Waals surface area contributed by atoms with E-state index in [1.54, 1.807) is 12.1 Å². The molecular weight excluding hydrogens is 326 g/mol. The number of nitrogens with zero attached hydrogens (tertiary/aromatic N) is 1. The van der Waals surface area contributed by atoms with E-state index in [0.29, 0.717) is 18.8 Å². The van der Waals surface area contributed by atoms with Gasteiger partial charge in [0.25, 0.3) is 0 Å². The highest BCUT2D eigenvalue weighted by atomic mass is 19.3. The summed E-state index contributed by atoms with van der Waals surface area (Å²) in [4.78, 5) is 14.9. The summed E-state index contributed by atoms with van der Waals surface area (Å²) in [7, 11) is 0. The van der Waals surface area contributed by atoms with Gasteiger partial charge in [0.15, 0.2) is 0 Å². The number of ether oxygens (including phenoxy) is 1. The van der Waals surface area contributed by atoms with Crippen LogP contribution in [0.5, 0.6) is 5.75 Å². The number of likely N-dealkylation sites (N-methyl/N-ethyl adjacent to an activating group) is 1. The molecule has 2 rings (SSSR count). The molecule has 6 heteroatoms. The largest absolute Gasteiger partial charge is 0.435 e. The van der Waals surface area contributed by atoms with Gasteiger partial charge in [-0.1, -0.05) is 50.2 Å². The van der Waals surface area contributed by atoms with Gasteiger partial charge in [-0.25, -0.2) is 0 Å². The van der Waals surface area contributed by atoms with Gasteiger partial charge in [-0.2, -0.15) is 8.78 Å². The van der Waals surface area contributed by atoms with Crippen LogP contribution in [0.1, 0.15) is 25.5 Å². The maximum absolute atomic E-state index is 12.9. The first-order valence-corrected chi connectivity index (χ1v) is 8.19. The summed E-state index contributed by atoms with van der Waals surface area (Å²) in [5.74, 6) is -0.212. The summed E-state index contributed by atoms with van der Waals surface area (Å²) in [5.41, 5.74) is 1.29. The Kier molecular flexibility index (Phi) is 6.89. The number of alkyl halides is 2. The molecule has 0 saturated carbocycles. The first-order chi connectivity index (χ1) is 12.0. The number of halogens is 2. The third kappa shape index (κ3) is 5.26. The number of benzene rings is 2. The van der Waals surface area contributed by atoms with Gasteiger partial charge in [-0.15, -0.1) is 0 Å². The Morgan fingerprint density at radius 1 is 1.08 bits per heavy atom. The van der Waals surface area contributed by atoms with Crippen LogP contribution in [0, 0.1) is 0 Å². The van der Waals surface area contributed by atoms with Crippen molar-refractivity contribution >= 4 is 11.6 Å². The fourth-order valence-corrected chi connectivity index (χ4v) is 2.71. The number of nitrogens with one attached hydrogen (secondary N) is 1. The monoisotopic (exact) mass is 348 g/mol. The lowest BCUT2D eigenvalue weighted by molar-refractivity contribution is -0.121. The summed E-state index contributed by atoms with van der Waals surface area (Å²) in [6.45, 7) is 2.49. The Morgan fingerprint density at radius 3 is 2.36 bits per heavy atom. The molecule has 0 aromatic heterocycles. The molecule has 1 N–H and O–H groups in total. The van der Waals surface area contributed by atoms with Gasteiger partial charge in [-0.05, 0) is 30.8 Å². The van der Waals surface area contributed by atoms with Crippen LogP contribution in [-0.4, -0.2) is 30.5 Å². The summed E-state index contributed by atoms with van der Waals surface area (Å²) in [5, 5.41) is 2.80. The van der Waals surface area contributed by atoms with Crippen LogP contribution in [0.25, 0.3) is 0 Å². The minimum Gasteiger partial charge on any atom is -0.435 e. The van der Waals surface area contributed by atoms with Gasteiger partial charge in [0.05, 0.1) is 0 Å². The van der Waals surface area contributed by atoms with E-state index >= 15 is 0 Å². The van der Waals surface area contributed by atoms with Crippen molar-refractivity contribution in [3.8, 4) is 5.75 Å². The Balaban J connectivity index is 2.22. The second-order valence-electron chi connectivity index (χ2n) is 5.43. The number of hydrogen-bond donors (Lipinski definition) is 1. The van der Waals surface area contributed by atoms with E-state index in [9.17, 15) is 13.6 Å². The highest BCUT2D eigenvalue weighted by Gasteiger charge is 2.25. The molecule has 2 aromatic rings. The fraction of sp³-hybridized carbons (Fsp3) is 0.316.